The Labute approximate surface area is 147 Å². The normalized spacial score (nSPS) is 44.2. The van der Waals surface area contributed by atoms with Gasteiger partial charge in [0.25, 0.3) is 0 Å². The number of carbonyl (C=O) groups excluding carboxylic acids is 2. The second-order valence-electron chi connectivity index (χ2n) is 9.21. The zero-order valence-corrected chi connectivity index (χ0v) is 14.2. The number of imide groups is 1. The Kier molecular flexibility index (Phi) is 2.09. The molecule has 7 rings (SSSR count). The molecule has 3 heteroatoms. The van der Waals surface area contributed by atoms with E-state index in [0.29, 0.717) is 17.3 Å². The molecule has 4 bridgehead atoms. The molecule has 6 atom stereocenters. The molecule has 1 heterocycles. The van der Waals surface area contributed by atoms with Crippen molar-refractivity contribution in [2.75, 3.05) is 4.90 Å². The van der Waals surface area contributed by atoms with Crippen molar-refractivity contribution < 1.29 is 9.59 Å². The highest BCUT2D eigenvalue weighted by Gasteiger charge is 2.79. The van der Waals surface area contributed by atoms with Crippen LogP contribution in [0.5, 0.6) is 0 Å². The number of allylic oxidation sites excluding steroid dienone is 2. The minimum atomic E-state index is -0.0571. The molecule has 25 heavy (non-hydrogen) atoms. The quantitative estimate of drug-likeness (QED) is 0.583. The lowest BCUT2D eigenvalue weighted by molar-refractivity contribution is -0.123. The van der Waals surface area contributed by atoms with E-state index in [9.17, 15) is 9.59 Å². The van der Waals surface area contributed by atoms with Gasteiger partial charge in [-0.3, -0.25) is 14.5 Å². The highest BCUT2D eigenvalue weighted by molar-refractivity contribution is 6.23. The monoisotopic (exact) mass is 331 g/mol. The number of rotatable bonds is 1. The molecular weight excluding hydrogens is 310 g/mol. The highest BCUT2D eigenvalue weighted by atomic mass is 16.2. The second-order valence-corrected chi connectivity index (χ2v) is 9.21. The molecule has 0 aromatic heterocycles. The van der Waals surface area contributed by atoms with Crippen molar-refractivity contribution in [3.8, 4) is 0 Å². The lowest BCUT2D eigenvalue weighted by Gasteiger charge is -2.29. The molecule has 1 aliphatic heterocycles. The van der Waals surface area contributed by atoms with E-state index in [-0.39, 0.29) is 23.7 Å². The van der Waals surface area contributed by atoms with Gasteiger partial charge in [0.1, 0.15) is 0 Å². The van der Waals surface area contributed by atoms with Crippen molar-refractivity contribution in [1.29, 1.82) is 0 Å². The average molecular weight is 331 g/mol. The van der Waals surface area contributed by atoms with Crippen LogP contribution in [0.15, 0.2) is 41.5 Å². The molecule has 5 aliphatic carbocycles. The van der Waals surface area contributed by atoms with Crippen LogP contribution in [0.3, 0.4) is 0 Å². The summed E-state index contributed by atoms with van der Waals surface area (Å²) in [5, 5.41) is 0. The first-order valence-corrected chi connectivity index (χ1v) is 9.89. The van der Waals surface area contributed by atoms with Gasteiger partial charge in [0.2, 0.25) is 11.8 Å². The van der Waals surface area contributed by atoms with Gasteiger partial charge in [0.05, 0.1) is 17.5 Å². The number of hydrogen-bond acceptors (Lipinski definition) is 2. The topological polar surface area (TPSA) is 37.4 Å². The Bertz CT molecular complexity index is 833. The molecule has 0 N–H and O–H groups in total. The van der Waals surface area contributed by atoms with Gasteiger partial charge in [0.15, 0.2) is 0 Å². The average Bonchev–Trinajstić information content (AvgIpc) is 2.90. The van der Waals surface area contributed by atoms with Crippen LogP contribution in [0.1, 0.15) is 32.1 Å². The van der Waals surface area contributed by atoms with E-state index in [0.717, 1.165) is 17.5 Å². The molecule has 3 nitrogen and oxygen atoms in total. The van der Waals surface area contributed by atoms with Crippen LogP contribution in [-0.2, 0) is 9.59 Å². The molecule has 0 radical (unpaired) electrons. The third kappa shape index (κ3) is 1.26. The SMILES string of the molecule is O=C1[C@H]2[C@H](C(=O)N1c1ccccc1)[C@H]1C3=C([C@H]4CC[C@H]3C4)[C@H]2C12CC2. The Morgan fingerprint density at radius 3 is 1.92 bits per heavy atom. The maximum Gasteiger partial charge on any atom is 0.238 e. The fourth-order valence-electron chi connectivity index (χ4n) is 7.81. The highest BCUT2D eigenvalue weighted by Crippen LogP contribution is 2.81. The van der Waals surface area contributed by atoms with Crippen LogP contribution in [0, 0.1) is 40.9 Å². The predicted octanol–water partition coefficient (Wildman–Crippen LogP) is 3.56. The molecule has 1 saturated heterocycles. The molecular formula is C22H21NO2. The van der Waals surface area contributed by atoms with E-state index >= 15 is 0 Å². The molecule has 1 spiro atoms. The Hall–Kier alpha value is -1.90. The van der Waals surface area contributed by atoms with Gasteiger partial charge in [-0.15, -0.1) is 0 Å². The zero-order valence-electron chi connectivity index (χ0n) is 14.2. The lowest BCUT2D eigenvalue weighted by atomic mass is 9.72. The number of hydrogen-bond donors (Lipinski definition) is 0. The fourth-order valence-corrected chi connectivity index (χ4v) is 7.81. The molecule has 1 aromatic rings. The minimum Gasteiger partial charge on any atom is -0.274 e. The molecule has 126 valence electrons. The van der Waals surface area contributed by atoms with Gasteiger partial charge in [0, 0.05) is 0 Å². The van der Waals surface area contributed by atoms with Crippen molar-refractivity contribution in [3.63, 3.8) is 0 Å². The van der Waals surface area contributed by atoms with Crippen molar-refractivity contribution in [2.24, 2.45) is 40.9 Å². The van der Waals surface area contributed by atoms with Crippen LogP contribution < -0.4 is 4.90 Å². The van der Waals surface area contributed by atoms with Crippen molar-refractivity contribution in [2.45, 2.75) is 32.1 Å². The zero-order chi connectivity index (χ0) is 16.5. The largest absolute Gasteiger partial charge is 0.274 e. The van der Waals surface area contributed by atoms with E-state index in [1.165, 1.54) is 37.0 Å². The summed E-state index contributed by atoms with van der Waals surface area (Å²) in [7, 11) is 0. The molecule has 3 saturated carbocycles. The summed E-state index contributed by atoms with van der Waals surface area (Å²) in [5.74, 6) is 2.35. The first-order chi connectivity index (χ1) is 12.2. The third-order valence-corrected chi connectivity index (χ3v) is 8.51. The Morgan fingerprint density at radius 2 is 1.40 bits per heavy atom. The molecule has 2 amide bonds. The van der Waals surface area contributed by atoms with Gasteiger partial charge in [-0.25, -0.2) is 0 Å². The summed E-state index contributed by atoms with van der Waals surface area (Å²) in [5.41, 5.74) is 4.43. The summed E-state index contributed by atoms with van der Waals surface area (Å²) in [6, 6.07) is 9.57. The van der Waals surface area contributed by atoms with Crippen LogP contribution >= 0.6 is 0 Å². The van der Waals surface area contributed by atoms with Crippen LogP contribution in [-0.4, -0.2) is 11.8 Å². The van der Waals surface area contributed by atoms with Crippen LogP contribution in [0.25, 0.3) is 0 Å². The smallest absolute Gasteiger partial charge is 0.238 e. The van der Waals surface area contributed by atoms with Gasteiger partial charge >= 0.3 is 0 Å². The first kappa shape index (κ1) is 13.3. The Morgan fingerprint density at radius 1 is 0.840 bits per heavy atom. The van der Waals surface area contributed by atoms with Crippen molar-refractivity contribution in [3.05, 3.63) is 41.5 Å². The summed E-state index contributed by atoms with van der Waals surface area (Å²) in [6.45, 7) is 0. The van der Waals surface area contributed by atoms with E-state index in [1.807, 2.05) is 30.3 Å². The first-order valence-electron chi connectivity index (χ1n) is 9.89. The third-order valence-electron chi connectivity index (χ3n) is 8.51. The second kappa shape index (κ2) is 3.92. The molecule has 1 aromatic carbocycles. The minimum absolute atomic E-state index is 0.0571. The van der Waals surface area contributed by atoms with Gasteiger partial charge in [-0.2, -0.15) is 0 Å². The van der Waals surface area contributed by atoms with Gasteiger partial charge in [-0.05, 0) is 73.3 Å². The number of carbonyl (C=O) groups is 2. The van der Waals surface area contributed by atoms with Gasteiger partial charge < -0.3 is 0 Å². The number of benzene rings is 1. The lowest BCUT2D eigenvalue weighted by Crippen LogP contribution is -2.35. The van der Waals surface area contributed by atoms with Gasteiger partial charge in [-0.1, -0.05) is 29.3 Å². The standard InChI is InChI=1S/C22H21NO2/c24-20-16-17(21(25)23(20)13-4-2-1-3-5-13)19-15-12-7-6-11(10-12)14(15)18(16)22(19)8-9-22/h1-5,11-12,16-19H,6-10H2/t11-,12-,16-,17-,18+,19+/m0/s1. The maximum atomic E-state index is 13.4. The summed E-state index contributed by atoms with van der Waals surface area (Å²) in [6.07, 6.45) is 6.45. The van der Waals surface area contributed by atoms with E-state index in [1.54, 1.807) is 11.1 Å². The fraction of sp³-hybridized carbons (Fsp3) is 0.545. The summed E-state index contributed by atoms with van der Waals surface area (Å²) >= 11 is 0. The van der Waals surface area contributed by atoms with Crippen LogP contribution in [0.4, 0.5) is 5.69 Å². The Balaban J connectivity index is 1.39. The van der Waals surface area contributed by atoms with E-state index in [2.05, 4.69) is 0 Å². The van der Waals surface area contributed by atoms with Crippen molar-refractivity contribution in [1.82, 2.24) is 0 Å². The predicted molar refractivity (Wildman–Crippen MR) is 92.4 cm³/mol. The number of amides is 2. The van der Waals surface area contributed by atoms with E-state index in [4.69, 9.17) is 0 Å². The van der Waals surface area contributed by atoms with Crippen LogP contribution in [0.2, 0.25) is 0 Å². The molecule has 6 aliphatic rings. The van der Waals surface area contributed by atoms with E-state index < -0.39 is 0 Å². The number of nitrogens with zero attached hydrogens (tertiary/aromatic N) is 1. The van der Waals surface area contributed by atoms with Crippen molar-refractivity contribution >= 4 is 17.5 Å². The summed E-state index contributed by atoms with van der Waals surface area (Å²) < 4.78 is 0. The molecule has 4 fully saturated rings. The maximum absolute atomic E-state index is 13.4. The molecule has 0 unspecified atom stereocenters. The number of fused-ring (bicyclic) bond motifs is 9. The summed E-state index contributed by atoms with van der Waals surface area (Å²) in [4.78, 5) is 28.3. The number of para-hydroxylation sites is 1. The number of anilines is 1.